The van der Waals surface area contributed by atoms with Crippen LogP contribution in [-0.4, -0.2) is 26.1 Å². The van der Waals surface area contributed by atoms with Crippen LogP contribution in [0.15, 0.2) is 24.5 Å². The molecule has 2 rings (SSSR count). The lowest BCUT2D eigenvalue weighted by Crippen LogP contribution is -2.15. The number of tetrazole rings is 1. The SMILES string of the molecule is NC(=O)c1cc(Cl)ccc1-n1cnnn1. The van der Waals surface area contributed by atoms with Gasteiger partial charge in [0.2, 0.25) is 0 Å². The molecule has 0 radical (unpaired) electrons. The first kappa shape index (κ1) is 9.60. The molecule has 15 heavy (non-hydrogen) atoms. The molecule has 0 aliphatic carbocycles. The highest BCUT2D eigenvalue weighted by atomic mass is 35.5. The quantitative estimate of drug-likeness (QED) is 0.799. The predicted octanol–water partition coefficient (Wildman–Crippen LogP) is 0.415. The molecule has 7 heteroatoms. The summed E-state index contributed by atoms with van der Waals surface area (Å²) in [6, 6.07) is 4.73. The maximum Gasteiger partial charge on any atom is 0.250 e. The minimum absolute atomic E-state index is 0.273. The highest BCUT2D eigenvalue weighted by Gasteiger charge is 2.11. The molecule has 1 aromatic heterocycles. The van der Waals surface area contributed by atoms with E-state index >= 15 is 0 Å². The Hall–Kier alpha value is -1.95. The van der Waals surface area contributed by atoms with E-state index in [-0.39, 0.29) is 5.56 Å². The number of aromatic nitrogens is 4. The molecule has 0 bridgehead atoms. The highest BCUT2D eigenvalue weighted by Crippen LogP contribution is 2.18. The van der Waals surface area contributed by atoms with Crippen LogP contribution in [0, 0.1) is 0 Å². The van der Waals surface area contributed by atoms with Crippen molar-refractivity contribution in [2.45, 2.75) is 0 Å². The molecule has 0 saturated carbocycles. The normalized spacial score (nSPS) is 10.2. The maximum atomic E-state index is 11.2. The number of halogens is 1. The van der Waals surface area contributed by atoms with E-state index in [1.165, 1.54) is 17.1 Å². The Bertz CT molecular complexity index is 496. The molecule has 0 saturated heterocycles. The van der Waals surface area contributed by atoms with Gasteiger partial charge in [0.25, 0.3) is 5.91 Å². The van der Waals surface area contributed by atoms with Crippen LogP contribution >= 0.6 is 11.6 Å². The summed E-state index contributed by atoms with van der Waals surface area (Å²) in [5, 5.41) is 11.0. The van der Waals surface area contributed by atoms with Gasteiger partial charge in [-0.15, -0.1) is 5.10 Å². The maximum absolute atomic E-state index is 11.2. The fourth-order valence-corrected chi connectivity index (χ4v) is 1.35. The number of nitrogens with zero attached hydrogens (tertiary/aromatic N) is 4. The largest absolute Gasteiger partial charge is 0.366 e. The molecule has 0 atom stereocenters. The number of carbonyl (C=O) groups excluding carboxylic acids is 1. The van der Waals surface area contributed by atoms with Crippen molar-refractivity contribution >= 4 is 17.5 Å². The van der Waals surface area contributed by atoms with Crippen molar-refractivity contribution in [2.75, 3.05) is 0 Å². The van der Waals surface area contributed by atoms with Crippen LogP contribution in [0.3, 0.4) is 0 Å². The average Bonchev–Trinajstić information content (AvgIpc) is 2.70. The van der Waals surface area contributed by atoms with E-state index in [4.69, 9.17) is 17.3 Å². The molecule has 6 nitrogen and oxygen atoms in total. The summed E-state index contributed by atoms with van der Waals surface area (Å²) in [6.07, 6.45) is 1.37. The van der Waals surface area contributed by atoms with Crippen LogP contribution in [0.5, 0.6) is 0 Å². The standard InChI is InChI=1S/C8H6ClN5O/c9-5-1-2-7(6(3-5)8(10)15)14-4-11-12-13-14/h1-4H,(H2,10,15). The van der Waals surface area contributed by atoms with Gasteiger partial charge in [-0.05, 0) is 28.6 Å². The first-order chi connectivity index (χ1) is 7.18. The molecule has 0 spiro atoms. The Labute approximate surface area is 89.6 Å². The zero-order valence-electron chi connectivity index (χ0n) is 7.46. The third-order valence-electron chi connectivity index (χ3n) is 1.82. The van der Waals surface area contributed by atoms with Gasteiger partial charge in [0.15, 0.2) is 0 Å². The van der Waals surface area contributed by atoms with Crippen molar-refractivity contribution < 1.29 is 4.79 Å². The lowest BCUT2D eigenvalue weighted by Gasteiger charge is -2.05. The van der Waals surface area contributed by atoms with Crippen LogP contribution in [0.1, 0.15) is 10.4 Å². The third kappa shape index (κ3) is 1.79. The molecule has 2 aromatic rings. The second-order valence-electron chi connectivity index (χ2n) is 2.78. The van der Waals surface area contributed by atoms with Crippen LogP contribution in [0.4, 0.5) is 0 Å². The van der Waals surface area contributed by atoms with Gasteiger partial charge in [0, 0.05) is 5.02 Å². The van der Waals surface area contributed by atoms with E-state index in [1.807, 2.05) is 0 Å². The third-order valence-corrected chi connectivity index (χ3v) is 2.05. The van der Waals surface area contributed by atoms with E-state index in [0.717, 1.165) is 0 Å². The summed E-state index contributed by atoms with van der Waals surface area (Å²) in [5.41, 5.74) is 5.98. The number of rotatable bonds is 2. The zero-order chi connectivity index (χ0) is 10.8. The minimum Gasteiger partial charge on any atom is -0.366 e. The molecule has 1 aromatic carbocycles. The van der Waals surface area contributed by atoms with E-state index in [0.29, 0.717) is 10.7 Å². The average molecular weight is 224 g/mol. The van der Waals surface area contributed by atoms with E-state index in [9.17, 15) is 4.79 Å². The Balaban J connectivity index is 2.61. The highest BCUT2D eigenvalue weighted by molar-refractivity contribution is 6.31. The zero-order valence-corrected chi connectivity index (χ0v) is 8.22. The fourth-order valence-electron chi connectivity index (χ4n) is 1.18. The lowest BCUT2D eigenvalue weighted by atomic mass is 10.1. The summed E-state index contributed by atoms with van der Waals surface area (Å²) < 4.78 is 1.34. The minimum atomic E-state index is -0.581. The summed E-state index contributed by atoms with van der Waals surface area (Å²) in [4.78, 5) is 11.2. The molecular weight excluding hydrogens is 218 g/mol. The van der Waals surface area contributed by atoms with Crippen molar-refractivity contribution in [1.29, 1.82) is 0 Å². The first-order valence-corrected chi connectivity index (χ1v) is 4.39. The second-order valence-corrected chi connectivity index (χ2v) is 3.22. The predicted molar refractivity (Wildman–Crippen MR) is 52.7 cm³/mol. The monoisotopic (exact) mass is 223 g/mol. The molecule has 2 N–H and O–H groups in total. The number of benzene rings is 1. The fraction of sp³-hybridized carbons (Fsp3) is 0. The molecule has 0 unspecified atom stereocenters. The van der Waals surface area contributed by atoms with Gasteiger partial charge in [-0.3, -0.25) is 4.79 Å². The summed E-state index contributed by atoms with van der Waals surface area (Å²) in [6.45, 7) is 0. The van der Waals surface area contributed by atoms with Crippen LogP contribution in [-0.2, 0) is 0 Å². The number of amides is 1. The van der Waals surface area contributed by atoms with E-state index < -0.39 is 5.91 Å². The molecule has 1 heterocycles. The Morgan fingerprint density at radius 1 is 1.47 bits per heavy atom. The molecule has 0 fully saturated rings. The number of nitrogens with two attached hydrogens (primary N) is 1. The smallest absolute Gasteiger partial charge is 0.250 e. The summed E-state index contributed by atoms with van der Waals surface area (Å²) in [7, 11) is 0. The topological polar surface area (TPSA) is 86.7 Å². The summed E-state index contributed by atoms with van der Waals surface area (Å²) in [5.74, 6) is -0.581. The van der Waals surface area contributed by atoms with Crippen molar-refractivity contribution in [2.24, 2.45) is 5.73 Å². The molecule has 0 aliphatic rings. The van der Waals surface area contributed by atoms with E-state index in [1.54, 1.807) is 12.1 Å². The molecule has 1 amide bonds. The van der Waals surface area contributed by atoms with Gasteiger partial charge in [-0.2, -0.15) is 4.68 Å². The summed E-state index contributed by atoms with van der Waals surface area (Å²) >= 11 is 5.75. The number of hydrogen-bond donors (Lipinski definition) is 1. The Kier molecular flexibility index (Phi) is 2.34. The number of primary amides is 1. The number of carbonyl (C=O) groups is 1. The molecule has 0 aliphatic heterocycles. The van der Waals surface area contributed by atoms with E-state index in [2.05, 4.69) is 15.5 Å². The van der Waals surface area contributed by atoms with Gasteiger partial charge in [0.05, 0.1) is 11.3 Å². The Morgan fingerprint density at radius 3 is 2.87 bits per heavy atom. The van der Waals surface area contributed by atoms with Gasteiger partial charge in [0.1, 0.15) is 6.33 Å². The van der Waals surface area contributed by atoms with Crippen molar-refractivity contribution in [3.8, 4) is 5.69 Å². The Morgan fingerprint density at radius 2 is 2.27 bits per heavy atom. The van der Waals surface area contributed by atoms with Crippen LogP contribution < -0.4 is 5.73 Å². The second kappa shape index (κ2) is 3.66. The number of hydrogen-bond acceptors (Lipinski definition) is 4. The van der Waals surface area contributed by atoms with Gasteiger partial charge >= 0.3 is 0 Å². The molecular formula is C8H6ClN5O. The lowest BCUT2D eigenvalue weighted by molar-refractivity contribution is 0.1000. The van der Waals surface area contributed by atoms with Gasteiger partial charge in [-0.25, -0.2) is 0 Å². The first-order valence-electron chi connectivity index (χ1n) is 4.01. The van der Waals surface area contributed by atoms with Crippen LogP contribution in [0.2, 0.25) is 5.02 Å². The van der Waals surface area contributed by atoms with Crippen molar-refractivity contribution in [1.82, 2.24) is 20.2 Å². The van der Waals surface area contributed by atoms with Gasteiger partial charge < -0.3 is 5.73 Å². The van der Waals surface area contributed by atoms with Gasteiger partial charge in [-0.1, -0.05) is 11.6 Å². The van der Waals surface area contributed by atoms with Crippen molar-refractivity contribution in [3.05, 3.63) is 35.1 Å². The van der Waals surface area contributed by atoms with Crippen molar-refractivity contribution in [3.63, 3.8) is 0 Å². The molecule has 76 valence electrons. The van der Waals surface area contributed by atoms with Crippen LogP contribution in [0.25, 0.3) is 5.69 Å².